The predicted molar refractivity (Wildman–Crippen MR) is 102 cm³/mol. The van der Waals surface area contributed by atoms with Crippen molar-refractivity contribution in [1.82, 2.24) is 15.0 Å². The second-order valence-corrected chi connectivity index (χ2v) is 6.83. The molecule has 1 aliphatic heterocycles. The van der Waals surface area contributed by atoms with Gasteiger partial charge in [0.1, 0.15) is 17.9 Å². The largest absolute Gasteiger partial charge is 0.488 e. The van der Waals surface area contributed by atoms with E-state index >= 15 is 0 Å². The number of hydrogen-bond donors (Lipinski definition) is 3. The molecule has 10 heteroatoms. The van der Waals surface area contributed by atoms with E-state index in [9.17, 15) is 10.0 Å². The molecule has 0 bridgehead atoms. The van der Waals surface area contributed by atoms with Gasteiger partial charge in [0.15, 0.2) is 11.5 Å². The van der Waals surface area contributed by atoms with Crippen molar-refractivity contribution in [2.75, 3.05) is 17.2 Å². The Morgan fingerprint density at radius 1 is 1.39 bits per heavy atom. The summed E-state index contributed by atoms with van der Waals surface area (Å²) >= 11 is 6.06. The second kappa shape index (κ2) is 8.84. The summed E-state index contributed by atoms with van der Waals surface area (Å²) in [6, 6.07) is 6.25. The van der Waals surface area contributed by atoms with E-state index in [1.54, 1.807) is 18.2 Å². The third-order valence-corrected chi connectivity index (χ3v) is 4.52. The number of nitrogens with one attached hydrogen (secondary N) is 2. The van der Waals surface area contributed by atoms with Crippen LogP contribution in [-0.2, 0) is 0 Å². The number of amides is 2. The third kappa shape index (κ3) is 5.07. The number of ether oxygens (including phenoxy) is 1. The summed E-state index contributed by atoms with van der Waals surface area (Å²) in [5.41, 5.74) is 0.560. The molecule has 3 rings (SSSR count). The van der Waals surface area contributed by atoms with Crippen LogP contribution in [0.25, 0.3) is 0 Å². The van der Waals surface area contributed by atoms with Gasteiger partial charge < -0.3 is 15.3 Å². The summed E-state index contributed by atoms with van der Waals surface area (Å²) in [6.45, 7) is 2.43. The van der Waals surface area contributed by atoms with E-state index in [4.69, 9.17) is 21.6 Å². The van der Waals surface area contributed by atoms with Crippen LogP contribution in [-0.4, -0.2) is 45.0 Å². The van der Waals surface area contributed by atoms with Gasteiger partial charge in [0.25, 0.3) is 0 Å². The summed E-state index contributed by atoms with van der Waals surface area (Å²) in [5.74, 6) is 0.680. The SMILES string of the molecule is CC1CC(Oc2ccc(Cl)cc2NC(=O)Nc2cnc(C#N)cn2)CCN1O. The van der Waals surface area contributed by atoms with Gasteiger partial charge in [-0.15, -0.1) is 0 Å². The van der Waals surface area contributed by atoms with Crippen LogP contribution < -0.4 is 15.4 Å². The molecule has 2 aromatic rings. The van der Waals surface area contributed by atoms with Crippen LogP contribution in [0.4, 0.5) is 16.3 Å². The number of anilines is 2. The molecule has 2 heterocycles. The number of piperidine rings is 1. The molecule has 2 unspecified atom stereocenters. The van der Waals surface area contributed by atoms with Gasteiger partial charge in [0.2, 0.25) is 0 Å². The molecule has 0 spiro atoms. The summed E-state index contributed by atoms with van der Waals surface area (Å²) in [4.78, 5) is 20.1. The van der Waals surface area contributed by atoms with Crippen molar-refractivity contribution in [2.24, 2.45) is 0 Å². The lowest BCUT2D eigenvalue weighted by molar-refractivity contribution is -0.151. The summed E-state index contributed by atoms with van der Waals surface area (Å²) in [7, 11) is 0. The summed E-state index contributed by atoms with van der Waals surface area (Å²) in [5, 5.41) is 25.4. The van der Waals surface area contributed by atoms with Gasteiger partial charge >= 0.3 is 6.03 Å². The van der Waals surface area contributed by atoms with Crippen LogP contribution in [0.15, 0.2) is 30.6 Å². The summed E-state index contributed by atoms with van der Waals surface area (Å²) in [6.07, 6.45) is 3.78. The molecule has 1 saturated heterocycles. The number of urea groups is 1. The van der Waals surface area contributed by atoms with Gasteiger partial charge in [-0.25, -0.2) is 14.8 Å². The van der Waals surface area contributed by atoms with E-state index in [-0.39, 0.29) is 23.7 Å². The Balaban J connectivity index is 1.68. The number of rotatable bonds is 4. The minimum atomic E-state index is -0.551. The first-order valence-electron chi connectivity index (χ1n) is 8.66. The van der Waals surface area contributed by atoms with Crippen molar-refractivity contribution in [2.45, 2.75) is 31.9 Å². The van der Waals surface area contributed by atoms with Crippen molar-refractivity contribution in [3.05, 3.63) is 41.3 Å². The van der Waals surface area contributed by atoms with Crippen molar-refractivity contribution in [3.63, 3.8) is 0 Å². The highest BCUT2D eigenvalue weighted by Crippen LogP contribution is 2.31. The highest BCUT2D eigenvalue weighted by atomic mass is 35.5. The molecule has 146 valence electrons. The maximum atomic E-state index is 12.3. The first-order valence-corrected chi connectivity index (χ1v) is 9.04. The molecular formula is C18H19ClN6O3. The fourth-order valence-corrected chi connectivity index (χ4v) is 3.00. The number of hydrogen-bond acceptors (Lipinski definition) is 7. The number of hydroxylamine groups is 2. The van der Waals surface area contributed by atoms with Crippen LogP contribution in [0.1, 0.15) is 25.5 Å². The van der Waals surface area contributed by atoms with Crippen LogP contribution in [0.2, 0.25) is 5.02 Å². The average molecular weight is 403 g/mol. The van der Waals surface area contributed by atoms with E-state index in [0.29, 0.717) is 35.8 Å². The fourth-order valence-electron chi connectivity index (χ4n) is 2.83. The quantitative estimate of drug-likeness (QED) is 0.716. The van der Waals surface area contributed by atoms with Crippen LogP contribution in [0.5, 0.6) is 5.75 Å². The normalized spacial score (nSPS) is 19.5. The Labute approximate surface area is 166 Å². The van der Waals surface area contributed by atoms with Crippen molar-refractivity contribution < 1.29 is 14.7 Å². The number of halogens is 1. The number of nitrogens with zero attached hydrogens (tertiary/aromatic N) is 4. The predicted octanol–water partition coefficient (Wildman–Crippen LogP) is 3.27. The topological polar surface area (TPSA) is 123 Å². The fraction of sp³-hybridized carbons (Fsp3) is 0.333. The van der Waals surface area contributed by atoms with E-state index in [2.05, 4.69) is 20.6 Å². The number of aromatic nitrogens is 2. The number of carbonyl (C=O) groups excluding carboxylic acids is 1. The Morgan fingerprint density at radius 2 is 2.21 bits per heavy atom. The highest BCUT2D eigenvalue weighted by molar-refractivity contribution is 6.31. The molecule has 3 N–H and O–H groups in total. The van der Waals surface area contributed by atoms with Gasteiger partial charge in [-0.05, 0) is 31.5 Å². The number of nitriles is 1. The van der Waals surface area contributed by atoms with Gasteiger partial charge in [0.05, 0.1) is 18.1 Å². The minimum Gasteiger partial charge on any atom is -0.488 e. The van der Waals surface area contributed by atoms with E-state index in [0.717, 1.165) is 0 Å². The first-order chi connectivity index (χ1) is 13.4. The standard InChI is InChI=1S/C18H19ClN6O3/c1-11-6-14(4-5-25(11)27)28-16-3-2-12(19)7-15(16)23-18(26)24-17-10-21-13(8-20)9-22-17/h2-3,7,9-11,14,27H,4-6H2,1H3,(H2,22,23,24,26). The number of carbonyl (C=O) groups is 1. The molecule has 9 nitrogen and oxygen atoms in total. The molecule has 28 heavy (non-hydrogen) atoms. The van der Waals surface area contributed by atoms with Gasteiger partial charge in [-0.2, -0.15) is 10.3 Å². The molecule has 1 aromatic heterocycles. The third-order valence-electron chi connectivity index (χ3n) is 4.28. The Bertz CT molecular complexity index is 886. The van der Waals surface area contributed by atoms with Crippen molar-refractivity contribution >= 4 is 29.1 Å². The average Bonchev–Trinajstić information content (AvgIpc) is 2.67. The highest BCUT2D eigenvalue weighted by Gasteiger charge is 2.26. The Kier molecular flexibility index (Phi) is 6.26. The molecule has 1 aromatic carbocycles. The zero-order valence-electron chi connectivity index (χ0n) is 15.1. The van der Waals surface area contributed by atoms with Crippen LogP contribution >= 0.6 is 11.6 Å². The Hall–Kier alpha value is -2.93. The zero-order chi connectivity index (χ0) is 20.1. The molecule has 0 radical (unpaired) electrons. The first kappa shape index (κ1) is 19.8. The lowest BCUT2D eigenvalue weighted by Gasteiger charge is -2.33. The van der Waals surface area contributed by atoms with Crippen LogP contribution in [0, 0.1) is 11.3 Å². The minimum absolute atomic E-state index is 0.0132. The van der Waals surface area contributed by atoms with Gasteiger partial charge in [-0.1, -0.05) is 11.6 Å². The molecule has 1 fully saturated rings. The smallest absolute Gasteiger partial charge is 0.325 e. The monoisotopic (exact) mass is 402 g/mol. The molecule has 0 saturated carbocycles. The zero-order valence-corrected chi connectivity index (χ0v) is 15.8. The second-order valence-electron chi connectivity index (χ2n) is 6.39. The Morgan fingerprint density at radius 3 is 2.89 bits per heavy atom. The van der Waals surface area contributed by atoms with Gasteiger partial charge in [0, 0.05) is 24.0 Å². The lowest BCUT2D eigenvalue weighted by Crippen LogP contribution is -2.42. The maximum Gasteiger partial charge on any atom is 0.325 e. The van der Waals surface area contributed by atoms with Crippen molar-refractivity contribution in [3.8, 4) is 11.8 Å². The molecular weight excluding hydrogens is 384 g/mol. The van der Waals surface area contributed by atoms with E-state index in [1.165, 1.54) is 17.5 Å². The van der Waals surface area contributed by atoms with Crippen LogP contribution in [0.3, 0.4) is 0 Å². The molecule has 2 atom stereocenters. The van der Waals surface area contributed by atoms with Crippen molar-refractivity contribution in [1.29, 1.82) is 5.26 Å². The maximum absolute atomic E-state index is 12.3. The number of benzene rings is 1. The van der Waals surface area contributed by atoms with Gasteiger partial charge in [-0.3, -0.25) is 5.32 Å². The molecule has 1 aliphatic rings. The molecule has 0 aliphatic carbocycles. The van der Waals surface area contributed by atoms with E-state index < -0.39 is 6.03 Å². The van der Waals surface area contributed by atoms with E-state index in [1.807, 2.05) is 13.0 Å². The molecule has 2 amide bonds. The lowest BCUT2D eigenvalue weighted by atomic mass is 10.0. The summed E-state index contributed by atoms with van der Waals surface area (Å²) < 4.78 is 6.04.